The molecule has 0 saturated heterocycles. The van der Waals surface area contributed by atoms with Crippen LogP contribution in [0.5, 0.6) is 0 Å². The van der Waals surface area contributed by atoms with E-state index in [0.29, 0.717) is 19.0 Å². The van der Waals surface area contributed by atoms with Crippen molar-refractivity contribution in [2.45, 2.75) is 51.7 Å². The van der Waals surface area contributed by atoms with E-state index in [4.69, 9.17) is 5.73 Å². The van der Waals surface area contributed by atoms with Gasteiger partial charge in [0.25, 0.3) is 0 Å². The molecular formula is C16H25N3O. The largest absolute Gasteiger partial charge is 0.368 e. The zero-order chi connectivity index (χ0) is 14.5. The standard InChI is InChI=1S/C16H25N3O/c1-12(2)18-16(20)9-10-19(15-7-8-15)14-5-3-13(11-17)4-6-14/h3-6,12,15H,7-11,17H2,1-2H3,(H,18,20). The van der Waals surface area contributed by atoms with E-state index in [1.807, 2.05) is 13.8 Å². The van der Waals surface area contributed by atoms with Crippen LogP contribution >= 0.6 is 0 Å². The summed E-state index contributed by atoms with van der Waals surface area (Å²) in [7, 11) is 0. The first-order valence-corrected chi connectivity index (χ1v) is 7.45. The van der Waals surface area contributed by atoms with E-state index >= 15 is 0 Å². The first-order chi connectivity index (χ1) is 9.60. The molecule has 1 fully saturated rings. The smallest absolute Gasteiger partial charge is 0.221 e. The molecule has 1 aromatic rings. The third kappa shape index (κ3) is 4.23. The van der Waals surface area contributed by atoms with Crippen molar-refractivity contribution < 1.29 is 4.79 Å². The van der Waals surface area contributed by atoms with Gasteiger partial charge in [0.15, 0.2) is 0 Å². The Bertz CT molecular complexity index is 438. The number of carbonyl (C=O) groups excluding carboxylic acids is 1. The molecule has 0 radical (unpaired) electrons. The van der Waals surface area contributed by atoms with Gasteiger partial charge in [-0.25, -0.2) is 0 Å². The van der Waals surface area contributed by atoms with Crippen LogP contribution in [0.3, 0.4) is 0 Å². The SMILES string of the molecule is CC(C)NC(=O)CCN(c1ccc(CN)cc1)C1CC1. The van der Waals surface area contributed by atoms with Gasteiger partial charge >= 0.3 is 0 Å². The predicted molar refractivity (Wildman–Crippen MR) is 82.6 cm³/mol. The van der Waals surface area contributed by atoms with Gasteiger partial charge in [-0.2, -0.15) is 0 Å². The third-order valence-electron chi connectivity index (χ3n) is 3.52. The number of nitrogens with one attached hydrogen (secondary N) is 1. The molecule has 110 valence electrons. The Morgan fingerprint density at radius 3 is 2.50 bits per heavy atom. The second-order valence-corrected chi connectivity index (χ2v) is 5.77. The molecule has 1 aliphatic rings. The normalized spacial score (nSPS) is 14.4. The van der Waals surface area contributed by atoms with Crippen LogP contribution in [0.2, 0.25) is 0 Å². The van der Waals surface area contributed by atoms with Crippen LogP contribution < -0.4 is 16.0 Å². The number of amides is 1. The van der Waals surface area contributed by atoms with Crippen LogP contribution in [0.15, 0.2) is 24.3 Å². The van der Waals surface area contributed by atoms with Gasteiger partial charge in [0.1, 0.15) is 0 Å². The molecule has 0 bridgehead atoms. The van der Waals surface area contributed by atoms with Crippen molar-refractivity contribution in [3.05, 3.63) is 29.8 Å². The zero-order valence-electron chi connectivity index (χ0n) is 12.4. The first kappa shape index (κ1) is 14.9. The van der Waals surface area contributed by atoms with E-state index < -0.39 is 0 Å². The highest BCUT2D eigenvalue weighted by Gasteiger charge is 2.29. The van der Waals surface area contributed by atoms with Crippen LogP contribution in [0.25, 0.3) is 0 Å². The van der Waals surface area contributed by atoms with E-state index in [1.54, 1.807) is 0 Å². The molecule has 0 aliphatic heterocycles. The molecule has 0 heterocycles. The Labute approximate surface area is 121 Å². The molecule has 3 N–H and O–H groups in total. The highest BCUT2D eigenvalue weighted by molar-refractivity contribution is 5.76. The molecule has 1 saturated carbocycles. The lowest BCUT2D eigenvalue weighted by Crippen LogP contribution is -2.35. The van der Waals surface area contributed by atoms with Gasteiger partial charge in [0.05, 0.1) is 0 Å². The van der Waals surface area contributed by atoms with Crippen molar-refractivity contribution >= 4 is 11.6 Å². The minimum absolute atomic E-state index is 0.129. The van der Waals surface area contributed by atoms with Gasteiger partial charge in [0.2, 0.25) is 5.91 Å². The van der Waals surface area contributed by atoms with Crippen molar-refractivity contribution in [2.24, 2.45) is 5.73 Å². The van der Waals surface area contributed by atoms with Crippen LogP contribution in [-0.2, 0) is 11.3 Å². The maximum Gasteiger partial charge on any atom is 0.221 e. The molecular weight excluding hydrogens is 250 g/mol. The van der Waals surface area contributed by atoms with Crippen molar-refractivity contribution in [2.75, 3.05) is 11.4 Å². The average molecular weight is 275 g/mol. The zero-order valence-corrected chi connectivity index (χ0v) is 12.4. The van der Waals surface area contributed by atoms with E-state index in [1.165, 1.54) is 18.5 Å². The summed E-state index contributed by atoms with van der Waals surface area (Å²) in [5, 5.41) is 2.95. The van der Waals surface area contributed by atoms with Gasteiger partial charge in [-0.3, -0.25) is 4.79 Å². The highest BCUT2D eigenvalue weighted by Crippen LogP contribution is 2.31. The first-order valence-electron chi connectivity index (χ1n) is 7.45. The topological polar surface area (TPSA) is 58.4 Å². The van der Waals surface area contributed by atoms with E-state index in [0.717, 1.165) is 12.1 Å². The number of hydrogen-bond acceptors (Lipinski definition) is 3. The molecule has 1 aromatic carbocycles. The van der Waals surface area contributed by atoms with E-state index in [9.17, 15) is 4.79 Å². The summed E-state index contributed by atoms with van der Waals surface area (Å²) in [6.07, 6.45) is 3.00. The van der Waals surface area contributed by atoms with Crippen molar-refractivity contribution in [1.29, 1.82) is 0 Å². The molecule has 20 heavy (non-hydrogen) atoms. The van der Waals surface area contributed by atoms with Crippen molar-refractivity contribution in [3.8, 4) is 0 Å². The molecule has 0 atom stereocenters. The maximum absolute atomic E-state index is 11.8. The predicted octanol–water partition coefficient (Wildman–Crippen LogP) is 2.03. The summed E-state index contributed by atoms with van der Waals surface area (Å²) in [5.41, 5.74) is 7.96. The molecule has 0 spiro atoms. The average Bonchev–Trinajstić information content (AvgIpc) is 3.23. The lowest BCUT2D eigenvalue weighted by Gasteiger charge is -2.25. The molecule has 1 amide bonds. The number of nitrogens with two attached hydrogens (primary N) is 1. The molecule has 1 aliphatic carbocycles. The number of rotatable bonds is 7. The van der Waals surface area contributed by atoms with Gasteiger partial charge in [0, 0.05) is 37.3 Å². The molecule has 2 rings (SSSR count). The second-order valence-electron chi connectivity index (χ2n) is 5.77. The number of carbonyl (C=O) groups is 1. The van der Waals surface area contributed by atoms with Gasteiger partial charge in [-0.05, 0) is 44.4 Å². The fourth-order valence-corrected chi connectivity index (χ4v) is 2.35. The number of nitrogens with zero attached hydrogens (tertiary/aromatic N) is 1. The summed E-state index contributed by atoms with van der Waals surface area (Å²) >= 11 is 0. The monoisotopic (exact) mass is 275 g/mol. The van der Waals surface area contributed by atoms with Gasteiger partial charge in [-0.1, -0.05) is 12.1 Å². The summed E-state index contributed by atoms with van der Waals surface area (Å²) in [4.78, 5) is 14.1. The minimum atomic E-state index is 0.129. The summed E-state index contributed by atoms with van der Waals surface area (Å²) in [6, 6.07) is 9.17. The Morgan fingerprint density at radius 2 is 2.00 bits per heavy atom. The minimum Gasteiger partial charge on any atom is -0.368 e. The number of anilines is 1. The molecule has 4 nitrogen and oxygen atoms in total. The highest BCUT2D eigenvalue weighted by atomic mass is 16.1. The van der Waals surface area contributed by atoms with Crippen LogP contribution in [0.1, 0.15) is 38.7 Å². The summed E-state index contributed by atoms with van der Waals surface area (Å²) in [6.45, 7) is 5.33. The fraction of sp³-hybridized carbons (Fsp3) is 0.562. The van der Waals surface area contributed by atoms with E-state index in [2.05, 4.69) is 34.5 Å². The van der Waals surface area contributed by atoms with Crippen molar-refractivity contribution in [3.63, 3.8) is 0 Å². The Kier molecular flexibility index (Phi) is 5.01. The Balaban J connectivity index is 1.94. The number of benzene rings is 1. The molecule has 4 heteroatoms. The van der Waals surface area contributed by atoms with E-state index in [-0.39, 0.29) is 11.9 Å². The van der Waals surface area contributed by atoms with Crippen LogP contribution in [-0.4, -0.2) is 24.5 Å². The lowest BCUT2D eigenvalue weighted by atomic mass is 10.2. The van der Waals surface area contributed by atoms with Crippen LogP contribution in [0, 0.1) is 0 Å². The third-order valence-corrected chi connectivity index (χ3v) is 3.52. The van der Waals surface area contributed by atoms with Crippen molar-refractivity contribution in [1.82, 2.24) is 5.32 Å². The second kappa shape index (κ2) is 6.75. The Hall–Kier alpha value is -1.55. The molecule has 0 unspecified atom stereocenters. The summed E-state index contributed by atoms with van der Waals surface area (Å²) in [5.74, 6) is 0.129. The Morgan fingerprint density at radius 1 is 1.35 bits per heavy atom. The summed E-state index contributed by atoms with van der Waals surface area (Å²) < 4.78 is 0. The fourth-order valence-electron chi connectivity index (χ4n) is 2.35. The quantitative estimate of drug-likeness (QED) is 0.800. The lowest BCUT2D eigenvalue weighted by molar-refractivity contribution is -0.121. The van der Waals surface area contributed by atoms with Gasteiger partial charge in [-0.15, -0.1) is 0 Å². The maximum atomic E-state index is 11.8. The van der Waals surface area contributed by atoms with Crippen LogP contribution in [0.4, 0.5) is 5.69 Å². The van der Waals surface area contributed by atoms with Gasteiger partial charge < -0.3 is 16.0 Å². The molecule has 0 aromatic heterocycles. The number of hydrogen-bond donors (Lipinski definition) is 2.